The molecule has 0 N–H and O–H groups in total. The summed E-state index contributed by atoms with van der Waals surface area (Å²) in [7, 11) is 1.67. The van der Waals surface area contributed by atoms with Gasteiger partial charge in [-0.05, 0) is 31.4 Å². The molecule has 4 rings (SSSR count). The normalized spacial score (nSPS) is 19.6. The van der Waals surface area contributed by atoms with Gasteiger partial charge in [-0.25, -0.2) is 4.98 Å². The standard InChI is InChI=1S/C19H25N3O3S/c1-24-15-3-4-17-16(13-15)20-19(26-17)22-8-2-7-21(9-10-22)18(23)14-5-11-25-12-6-14/h3-4,13-14H,2,5-12H2,1H3. The molecule has 0 unspecified atom stereocenters. The number of carbonyl (C=O) groups excluding carboxylic acids is 1. The van der Waals surface area contributed by atoms with Gasteiger partial charge < -0.3 is 19.3 Å². The van der Waals surface area contributed by atoms with Crippen LogP contribution in [0.2, 0.25) is 0 Å². The molecular weight excluding hydrogens is 350 g/mol. The molecule has 140 valence electrons. The molecule has 0 atom stereocenters. The van der Waals surface area contributed by atoms with Gasteiger partial charge in [0.05, 0.1) is 17.3 Å². The Labute approximate surface area is 157 Å². The van der Waals surface area contributed by atoms with E-state index in [1.165, 1.54) is 4.70 Å². The summed E-state index contributed by atoms with van der Waals surface area (Å²) in [5, 5.41) is 1.04. The van der Waals surface area contributed by atoms with E-state index in [1.54, 1.807) is 18.4 Å². The fourth-order valence-corrected chi connectivity index (χ4v) is 4.69. The minimum atomic E-state index is 0.144. The van der Waals surface area contributed by atoms with Crippen LogP contribution in [-0.2, 0) is 9.53 Å². The average Bonchev–Trinajstić information content (AvgIpc) is 2.96. The number of fused-ring (bicyclic) bond motifs is 1. The molecular formula is C19H25N3O3S. The summed E-state index contributed by atoms with van der Waals surface area (Å²) in [6, 6.07) is 6.02. The van der Waals surface area contributed by atoms with E-state index >= 15 is 0 Å². The van der Waals surface area contributed by atoms with E-state index in [0.717, 1.165) is 61.8 Å². The highest BCUT2D eigenvalue weighted by molar-refractivity contribution is 7.22. The third kappa shape index (κ3) is 3.64. The molecule has 0 saturated carbocycles. The van der Waals surface area contributed by atoms with Gasteiger partial charge in [0.15, 0.2) is 5.13 Å². The van der Waals surface area contributed by atoms with Gasteiger partial charge in [0, 0.05) is 51.4 Å². The van der Waals surface area contributed by atoms with Gasteiger partial charge in [-0.15, -0.1) is 0 Å². The van der Waals surface area contributed by atoms with Crippen molar-refractivity contribution in [3.8, 4) is 5.75 Å². The number of methoxy groups -OCH3 is 1. The number of hydrogen-bond donors (Lipinski definition) is 0. The van der Waals surface area contributed by atoms with Gasteiger partial charge in [0.1, 0.15) is 5.75 Å². The van der Waals surface area contributed by atoms with E-state index in [4.69, 9.17) is 14.5 Å². The highest BCUT2D eigenvalue weighted by atomic mass is 32.1. The lowest BCUT2D eigenvalue weighted by atomic mass is 9.98. The molecule has 1 amide bonds. The highest BCUT2D eigenvalue weighted by Gasteiger charge is 2.28. The summed E-state index contributed by atoms with van der Waals surface area (Å²) in [6.45, 7) is 4.82. The van der Waals surface area contributed by atoms with Crippen molar-refractivity contribution in [2.75, 3.05) is 51.4 Å². The zero-order valence-corrected chi connectivity index (χ0v) is 16.0. The number of benzene rings is 1. The first-order valence-corrected chi connectivity index (χ1v) is 10.1. The number of amides is 1. The van der Waals surface area contributed by atoms with Gasteiger partial charge in [0.25, 0.3) is 0 Å². The molecule has 1 aromatic heterocycles. The zero-order chi connectivity index (χ0) is 17.9. The Morgan fingerprint density at radius 2 is 2.08 bits per heavy atom. The minimum Gasteiger partial charge on any atom is -0.497 e. The van der Waals surface area contributed by atoms with E-state index in [9.17, 15) is 4.79 Å². The van der Waals surface area contributed by atoms with Crippen LogP contribution in [0.5, 0.6) is 5.75 Å². The molecule has 7 heteroatoms. The second-order valence-electron chi connectivity index (χ2n) is 6.88. The Kier molecular flexibility index (Phi) is 5.26. The fourth-order valence-electron chi connectivity index (χ4n) is 3.69. The van der Waals surface area contributed by atoms with E-state index < -0.39 is 0 Å². The number of ether oxygens (including phenoxy) is 2. The number of carbonyl (C=O) groups is 1. The molecule has 2 aliphatic heterocycles. The predicted molar refractivity (Wildman–Crippen MR) is 103 cm³/mol. The van der Waals surface area contributed by atoms with Crippen LogP contribution in [0.4, 0.5) is 5.13 Å². The summed E-state index contributed by atoms with van der Waals surface area (Å²) in [5.74, 6) is 1.29. The fraction of sp³-hybridized carbons (Fsp3) is 0.579. The summed E-state index contributed by atoms with van der Waals surface area (Å²) in [4.78, 5) is 21.9. The van der Waals surface area contributed by atoms with Crippen molar-refractivity contribution in [2.24, 2.45) is 5.92 Å². The predicted octanol–water partition coefficient (Wildman–Crippen LogP) is 2.77. The second-order valence-corrected chi connectivity index (χ2v) is 7.89. The molecule has 3 heterocycles. The lowest BCUT2D eigenvalue weighted by molar-refractivity contribution is -0.138. The van der Waals surface area contributed by atoms with Crippen molar-refractivity contribution < 1.29 is 14.3 Å². The maximum absolute atomic E-state index is 12.8. The minimum absolute atomic E-state index is 0.144. The van der Waals surface area contributed by atoms with Crippen LogP contribution in [0.15, 0.2) is 18.2 Å². The van der Waals surface area contributed by atoms with Crippen LogP contribution in [0.1, 0.15) is 19.3 Å². The summed E-state index contributed by atoms with van der Waals surface area (Å²) in [5.41, 5.74) is 0.976. The van der Waals surface area contributed by atoms with Gasteiger partial charge in [0.2, 0.25) is 5.91 Å². The van der Waals surface area contributed by atoms with Gasteiger partial charge in [-0.1, -0.05) is 11.3 Å². The summed E-state index contributed by atoms with van der Waals surface area (Å²) < 4.78 is 11.8. The number of aromatic nitrogens is 1. The first kappa shape index (κ1) is 17.5. The van der Waals surface area contributed by atoms with Crippen molar-refractivity contribution >= 4 is 32.6 Å². The molecule has 0 radical (unpaired) electrons. The molecule has 0 aliphatic carbocycles. The first-order valence-electron chi connectivity index (χ1n) is 9.30. The van der Waals surface area contributed by atoms with Crippen molar-refractivity contribution in [3.05, 3.63) is 18.2 Å². The SMILES string of the molecule is COc1ccc2sc(N3CCCN(C(=O)C4CCOCC4)CC3)nc2c1. The third-order valence-corrected chi connectivity index (χ3v) is 6.33. The maximum atomic E-state index is 12.8. The van der Waals surface area contributed by atoms with Crippen LogP contribution < -0.4 is 9.64 Å². The van der Waals surface area contributed by atoms with E-state index in [-0.39, 0.29) is 5.92 Å². The molecule has 1 aromatic carbocycles. The van der Waals surface area contributed by atoms with Crippen molar-refractivity contribution in [3.63, 3.8) is 0 Å². The third-order valence-electron chi connectivity index (χ3n) is 5.23. The zero-order valence-electron chi connectivity index (χ0n) is 15.1. The van der Waals surface area contributed by atoms with E-state index in [0.29, 0.717) is 19.1 Å². The summed E-state index contributed by atoms with van der Waals surface area (Å²) in [6.07, 6.45) is 2.70. The quantitative estimate of drug-likeness (QED) is 0.826. The number of nitrogens with zero attached hydrogens (tertiary/aromatic N) is 3. The number of thiazole rings is 1. The topological polar surface area (TPSA) is 54.9 Å². The highest BCUT2D eigenvalue weighted by Crippen LogP contribution is 2.31. The smallest absolute Gasteiger partial charge is 0.225 e. The first-order chi connectivity index (χ1) is 12.7. The number of anilines is 1. The Bertz CT molecular complexity index is 772. The van der Waals surface area contributed by atoms with Crippen molar-refractivity contribution in [1.29, 1.82) is 0 Å². The van der Waals surface area contributed by atoms with Gasteiger partial charge >= 0.3 is 0 Å². The summed E-state index contributed by atoms with van der Waals surface area (Å²) >= 11 is 1.71. The second kappa shape index (κ2) is 7.80. The Morgan fingerprint density at radius 1 is 1.23 bits per heavy atom. The van der Waals surface area contributed by atoms with Crippen LogP contribution in [0.3, 0.4) is 0 Å². The molecule has 2 saturated heterocycles. The van der Waals surface area contributed by atoms with Gasteiger partial charge in [-0.2, -0.15) is 0 Å². The van der Waals surface area contributed by atoms with E-state index in [1.807, 2.05) is 17.0 Å². The number of rotatable bonds is 3. The average molecular weight is 375 g/mol. The molecule has 2 aliphatic rings. The van der Waals surface area contributed by atoms with Crippen molar-refractivity contribution in [1.82, 2.24) is 9.88 Å². The monoisotopic (exact) mass is 375 g/mol. The largest absolute Gasteiger partial charge is 0.497 e. The molecule has 26 heavy (non-hydrogen) atoms. The van der Waals surface area contributed by atoms with Crippen LogP contribution in [0, 0.1) is 5.92 Å². The van der Waals surface area contributed by atoms with Gasteiger partial charge in [-0.3, -0.25) is 4.79 Å². The maximum Gasteiger partial charge on any atom is 0.225 e. The Balaban J connectivity index is 1.44. The Morgan fingerprint density at radius 3 is 2.88 bits per heavy atom. The molecule has 2 fully saturated rings. The lowest BCUT2D eigenvalue weighted by Gasteiger charge is -2.28. The van der Waals surface area contributed by atoms with Crippen LogP contribution >= 0.6 is 11.3 Å². The number of hydrogen-bond acceptors (Lipinski definition) is 6. The lowest BCUT2D eigenvalue weighted by Crippen LogP contribution is -2.40. The Hall–Kier alpha value is -1.86. The molecule has 0 spiro atoms. The van der Waals surface area contributed by atoms with Crippen LogP contribution in [0.25, 0.3) is 10.2 Å². The van der Waals surface area contributed by atoms with Crippen molar-refractivity contribution in [2.45, 2.75) is 19.3 Å². The van der Waals surface area contributed by atoms with E-state index in [2.05, 4.69) is 11.0 Å². The molecule has 6 nitrogen and oxygen atoms in total. The van der Waals surface area contributed by atoms with Crippen LogP contribution in [-0.4, -0.2) is 62.3 Å². The molecule has 2 aromatic rings. The molecule has 0 bridgehead atoms.